The van der Waals surface area contributed by atoms with Crippen molar-refractivity contribution in [1.29, 1.82) is 0 Å². The van der Waals surface area contributed by atoms with Crippen LogP contribution in [0.3, 0.4) is 0 Å². The SMILES string of the molecule is Cc1ccc(F)c(OC2CCC(CO)(NC3CC3)C2)c1. The second kappa shape index (κ2) is 5.34. The molecule has 110 valence electrons. The number of aliphatic hydroxyl groups is 1. The summed E-state index contributed by atoms with van der Waals surface area (Å²) in [6.45, 7) is 2.05. The van der Waals surface area contributed by atoms with E-state index in [1.165, 1.54) is 18.9 Å². The van der Waals surface area contributed by atoms with Crippen molar-refractivity contribution in [2.45, 2.75) is 56.7 Å². The summed E-state index contributed by atoms with van der Waals surface area (Å²) in [6, 6.07) is 5.48. The summed E-state index contributed by atoms with van der Waals surface area (Å²) in [5, 5.41) is 13.2. The van der Waals surface area contributed by atoms with Gasteiger partial charge in [0.15, 0.2) is 11.6 Å². The van der Waals surface area contributed by atoms with Gasteiger partial charge in [0.1, 0.15) is 6.10 Å². The van der Waals surface area contributed by atoms with Crippen molar-refractivity contribution in [2.24, 2.45) is 0 Å². The molecule has 2 unspecified atom stereocenters. The molecule has 2 atom stereocenters. The minimum atomic E-state index is -0.313. The van der Waals surface area contributed by atoms with E-state index in [1.54, 1.807) is 12.1 Å². The van der Waals surface area contributed by atoms with Gasteiger partial charge in [0.05, 0.1) is 6.61 Å². The van der Waals surface area contributed by atoms with Gasteiger partial charge in [0, 0.05) is 18.0 Å². The number of aliphatic hydroxyl groups excluding tert-OH is 1. The Morgan fingerprint density at radius 3 is 2.90 bits per heavy atom. The lowest BCUT2D eigenvalue weighted by Crippen LogP contribution is -2.48. The summed E-state index contributed by atoms with van der Waals surface area (Å²) in [5.41, 5.74) is 0.760. The number of benzene rings is 1. The van der Waals surface area contributed by atoms with Gasteiger partial charge >= 0.3 is 0 Å². The third-order valence-electron chi connectivity index (χ3n) is 4.33. The van der Waals surface area contributed by atoms with Crippen molar-refractivity contribution in [2.75, 3.05) is 6.61 Å². The van der Waals surface area contributed by atoms with Gasteiger partial charge in [-0.25, -0.2) is 4.39 Å². The van der Waals surface area contributed by atoms with E-state index in [-0.39, 0.29) is 24.1 Å². The maximum Gasteiger partial charge on any atom is 0.165 e. The lowest BCUT2D eigenvalue weighted by atomic mass is 9.98. The molecule has 4 heteroatoms. The summed E-state index contributed by atoms with van der Waals surface area (Å²) >= 11 is 0. The molecule has 0 amide bonds. The van der Waals surface area contributed by atoms with Gasteiger partial charge in [0.25, 0.3) is 0 Å². The second-order valence-corrected chi connectivity index (χ2v) is 6.27. The minimum absolute atomic E-state index is 0.0234. The Morgan fingerprint density at radius 1 is 1.40 bits per heavy atom. The molecule has 0 heterocycles. The van der Waals surface area contributed by atoms with Crippen molar-refractivity contribution in [3.05, 3.63) is 29.6 Å². The Hall–Kier alpha value is -1.13. The van der Waals surface area contributed by atoms with Gasteiger partial charge in [0.2, 0.25) is 0 Å². The molecule has 0 bridgehead atoms. The van der Waals surface area contributed by atoms with E-state index in [1.807, 2.05) is 6.92 Å². The molecule has 2 N–H and O–H groups in total. The van der Waals surface area contributed by atoms with Crippen LogP contribution in [0.15, 0.2) is 18.2 Å². The molecule has 1 aromatic rings. The van der Waals surface area contributed by atoms with E-state index >= 15 is 0 Å². The Bertz CT molecular complexity index is 489. The predicted octanol–water partition coefficient (Wildman–Crippen LogP) is 2.55. The van der Waals surface area contributed by atoms with E-state index < -0.39 is 0 Å². The highest BCUT2D eigenvalue weighted by Gasteiger charge is 2.43. The van der Waals surface area contributed by atoms with Gasteiger partial charge in [-0.3, -0.25) is 0 Å². The Balaban J connectivity index is 1.65. The maximum atomic E-state index is 13.7. The lowest BCUT2D eigenvalue weighted by molar-refractivity contribution is 0.137. The highest BCUT2D eigenvalue weighted by atomic mass is 19.1. The predicted molar refractivity (Wildman–Crippen MR) is 75.4 cm³/mol. The molecule has 0 aromatic heterocycles. The summed E-state index contributed by atoms with van der Waals surface area (Å²) < 4.78 is 19.5. The monoisotopic (exact) mass is 279 g/mol. The molecule has 0 saturated heterocycles. The number of ether oxygens (including phenoxy) is 1. The molecule has 0 spiro atoms. The normalized spacial score (nSPS) is 29.6. The molecule has 0 radical (unpaired) electrons. The van der Waals surface area contributed by atoms with Crippen LogP contribution in [0.4, 0.5) is 4.39 Å². The molecule has 3 rings (SSSR count). The first-order valence-electron chi connectivity index (χ1n) is 7.42. The van der Waals surface area contributed by atoms with Crippen LogP contribution >= 0.6 is 0 Å². The Kier molecular flexibility index (Phi) is 3.69. The van der Waals surface area contributed by atoms with Crippen LogP contribution in [0.2, 0.25) is 0 Å². The molecule has 2 aliphatic carbocycles. The minimum Gasteiger partial charge on any atom is -0.487 e. The smallest absolute Gasteiger partial charge is 0.165 e. The number of hydrogen-bond acceptors (Lipinski definition) is 3. The highest BCUT2D eigenvalue weighted by molar-refractivity contribution is 5.29. The summed E-state index contributed by atoms with van der Waals surface area (Å²) in [7, 11) is 0. The second-order valence-electron chi connectivity index (χ2n) is 6.27. The zero-order chi connectivity index (χ0) is 14.2. The van der Waals surface area contributed by atoms with Crippen LogP contribution in [-0.2, 0) is 0 Å². The third-order valence-corrected chi connectivity index (χ3v) is 4.33. The van der Waals surface area contributed by atoms with Gasteiger partial charge in [-0.2, -0.15) is 0 Å². The number of aryl methyl sites for hydroxylation is 1. The van der Waals surface area contributed by atoms with Gasteiger partial charge < -0.3 is 15.2 Å². The average Bonchev–Trinajstić information content (AvgIpc) is 3.14. The molecule has 2 saturated carbocycles. The fraction of sp³-hybridized carbons (Fsp3) is 0.625. The van der Waals surface area contributed by atoms with E-state index in [0.717, 1.165) is 24.8 Å². The molecule has 0 aliphatic heterocycles. The van der Waals surface area contributed by atoms with Crippen LogP contribution in [-0.4, -0.2) is 29.4 Å². The Labute approximate surface area is 119 Å². The first-order chi connectivity index (χ1) is 9.60. The van der Waals surface area contributed by atoms with Crippen LogP contribution in [0.25, 0.3) is 0 Å². The van der Waals surface area contributed by atoms with Crippen LogP contribution in [0.1, 0.15) is 37.7 Å². The molecule has 3 nitrogen and oxygen atoms in total. The average molecular weight is 279 g/mol. The molecular formula is C16H22FNO2. The molecule has 1 aromatic carbocycles. The summed E-state index contributed by atoms with van der Waals surface area (Å²) in [4.78, 5) is 0. The summed E-state index contributed by atoms with van der Waals surface area (Å²) in [6.07, 6.45) is 4.85. The van der Waals surface area contributed by atoms with Gasteiger partial charge in [-0.1, -0.05) is 6.07 Å². The lowest BCUT2D eigenvalue weighted by Gasteiger charge is -2.28. The first-order valence-corrected chi connectivity index (χ1v) is 7.42. The van der Waals surface area contributed by atoms with E-state index in [9.17, 15) is 9.50 Å². The number of rotatable bonds is 5. The van der Waals surface area contributed by atoms with Gasteiger partial charge in [-0.15, -0.1) is 0 Å². The van der Waals surface area contributed by atoms with Crippen molar-refractivity contribution in [3.8, 4) is 5.75 Å². The third kappa shape index (κ3) is 2.96. The number of halogens is 1. The zero-order valence-corrected chi connectivity index (χ0v) is 11.9. The standard InChI is InChI=1S/C16H22FNO2/c1-11-2-5-14(17)15(8-11)20-13-6-7-16(9-13,10-19)18-12-3-4-12/h2,5,8,12-13,18-19H,3-4,6-7,9-10H2,1H3. The van der Waals surface area contributed by atoms with Crippen molar-refractivity contribution in [1.82, 2.24) is 5.32 Å². The topological polar surface area (TPSA) is 41.5 Å². The number of nitrogens with one attached hydrogen (secondary N) is 1. The van der Waals surface area contributed by atoms with Crippen molar-refractivity contribution in [3.63, 3.8) is 0 Å². The number of hydrogen-bond donors (Lipinski definition) is 2. The molecular weight excluding hydrogens is 257 g/mol. The van der Waals surface area contributed by atoms with Crippen molar-refractivity contribution >= 4 is 0 Å². The fourth-order valence-electron chi connectivity index (χ4n) is 3.04. The van der Waals surface area contributed by atoms with E-state index in [0.29, 0.717) is 11.8 Å². The molecule has 2 aliphatic rings. The van der Waals surface area contributed by atoms with Crippen LogP contribution < -0.4 is 10.1 Å². The zero-order valence-electron chi connectivity index (χ0n) is 11.9. The van der Waals surface area contributed by atoms with Crippen LogP contribution in [0, 0.1) is 12.7 Å². The van der Waals surface area contributed by atoms with Gasteiger partial charge in [-0.05, 0) is 50.3 Å². The fourth-order valence-corrected chi connectivity index (χ4v) is 3.04. The molecule has 20 heavy (non-hydrogen) atoms. The first kappa shape index (κ1) is 13.8. The summed E-state index contributed by atoms with van der Waals surface area (Å²) in [5.74, 6) is 0.0161. The highest BCUT2D eigenvalue weighted by Crippen LogP contribution is 2.36. The Morgan fingerprint density at radius 2 is 2.20 bits per heavy atom. The van der Waals surface area contributed by atoms with E-state index in [2.05, 4.69) is 5.32 Å². The molecule has 2 fully saturated rings. The van der Waals surface area contributed by atoms with Crippen LogP contribution in [0.5, 0.6) is 5.75 Å². The largest absolute Gasteiger partial charge is 0.487 e. The van der Waals surface area contributed by atoms with E-state index in [4.69, 9.17) is 4.74 Å². The quantitative estimate of drug-likeness (QED) is 0.870. The van der Waals surface area contributed by atoms with Crippen molar-refractivity contribution < 1.29 is 14.2 Å². The maximum absolute atomic E-state index is 13.7.